The van der Waals surface area contributed by atoms with E-state index in [-0.39, 0.29) is 6.09 Å². The molecule has 1 saturated heterocycles. The van der Waals surface area contributed by atoms with E-state index in [2.05, 4.69) is 12.2 Å². The summed E-state index contributed by atoms with van der Waals surface area (Å²) >= 11 is 6.18. The third kappa shape index (κ3) is 5.70. The molecule has 1 unspecified atom stereocenters. The summed E-state index contributed by atoms with van der Waals surface area (Å²) in [6.45, 7) is 9.31. The average molecular weight is 369 g/mol. The summed E-state index contributed by atoms with van der Waals surface area (Å²) in [5.74, 6) is 1.17. The van der Waals surface area contributed by atoms with Gasteiger partial charge >= 0.3 is 6.09 Å². The van der Waals surface area contributed by atoms with Crippen LogP contribution >= 0.6 is 11.6 Å². The SMILES string of the molecule is COc1ccc(NC(C)C2CCN(C(=O)OC(C)(C)C)CC2)cc1Cl. The number of ether oxygens (including phenoxy) is 2. The molecule has 5 nitrogen and oxygen atoms in total. The Morgan fingerprint density at radius 3 is 2.48 bits per heavy atom. The topological polar surface area (TPSA) is 50.8 Å². The number of halogens is 1. The molecule has 0 spiro atoms. The van der Waals surface area contributed by atoms with Crippen LogP contribution in [0.5, 0.6) is 5.75 Å². The van der Waals surface area contributed by atoms with Crippen LogP contribution in [0.4, 0.5) is 10.5 Å². The van der Waals surface area contributed by atoms with E-state index in [1.807, 2.05) is 39.0 Å². The molecule has 1 aliphatic rings. The number of carbonyl (C=O) groups is 1. The zero-order chi connectivity index (χ0) is 18.6. The highest BCUT2D eigenvalue weighted by Gasteiger charge is 2.29. The first-order chi connectivity index (χ1) is 11.7. The largest absolute Gasteiger partial charge is 0.495 e. The number of nitrogens with zero attached hydrogens (tertiary/aromatic N) is 1. The fraction of sp³-hybridized carbons (Fsp3) is 0.632. The van der Waals surface area contributed by atoms with Gasteiger partial charge in [0.25, 0.3) is 0 Å². The molecule has 1 aliphatic heterocycles. The van der Waals surface area contributed by atoms with Gasteiger partial charge in [-0.2, -0.15) is 0 Å². The number of amides is 1. The number of hydrogen-bond donors (Lipinski definition) is 1. The summed E-state index contributed by atoms with van der Waals surface area (Å²) in [6, 6.07) is 6.01. The zero-order valence-corrected chi connectivity index (χ0v) is 16.5. The molecule has 0 radical (unpaired) electrons. The molecule has 1 heterocycles. The third-order valence-corrected chi connectivity index (χ3v) is 4.74. The molecule has 0 bridgehead atoms. The van der Waals surface area contributed by atoms with Gasteiger partial charge in [-0.1, -0.05) is 11.6 Å². The Kier molecular flexibility index (Phi) is 6.44. The number of hydrogen-bond acceptors (Lipinski definition) is 4. The van der Waals surface area contributed by atoms with Crippen LogP contribution in [-0.2, 0) is 4.74 Å². The number of benzene rings is 1. The second-order valence-electron chi connectivity index (χ2n) is 7.59. The first-order valence-corrected chi connectivity index (χ1v) is 9.15. The molecular formula is C19H29ClN2O3. The minimum Gasteiger partial charge on any atom is -0.495 e. The summed E-state index contributed by atoms with van der Waals surface area (Å²) in [4.78, 5) is 13.9. The summed E-state index contributed by atoms with van der Waals surface area (Å²) in [7, 11) is 1.61. The quantitative estimate of drug-likeness (QED) is 0.829. The van der Waals surface area contributed by atoms with Gasteiger partial charge in [-0.15, -0.1) is 0 Å². The molecule has 1 fully saturated rings. The van der Waals surface area contributed by atoms with Crippen LogP contribution in [0, 0.1) is 5.92 Å². The molecule has 140 valence electrons. The number of anilines is 1. The van der Waals surface area contributed by atoms with Crippen molar-refractivity contribution in [2.24, 2.45) is 5.92 Å². The minimum absolute atomic E-state index is 0.214. The van der Waals surface area contributed by atoms with Crippen LogP contribution < -0.4 is 10.1 Å². The molecule has 0 aromatic heterocycles. The number of piperidine rings is 1. The fourth-order valence-electron chi connectivity index (χ4n) is 3.05. The van der Waals surface area contributed by atoms with E-state index < -0.39 is 5.60 Å². The predicted octanol–water partition coefficient (Wildman–Crippen LogP) is 4.80. The lowest BCUT2D eigenvalue weighted by molar-refractivity contribution is 0.0179. The molecule has 6 heteroatoms. The van der Waals surface area contributed by atoms with Gasteiger partial charge in [0.05, 0.1) is 12.1 Å². The highest BCUT2D eigenvalue weighted by Crippen LogP contribution is 2.29. The Hall–Kier alpha value is -1.62. The van der Waals surface area contributed by atoms with E-state index in [1.165, 1.54) is 0 Å². The molecule has 25 heavy (non-hydrogen) atoms. The Morgan fingerprint density at radius 1 is 1.32 bits per heavy atom. The predicted molar refractivity (Wildman–Crippen MR) is 102 cm³/mol. The van der Waals surface area contributed by atoms with Gasteiger partial charge in [0.15, 0.2) is 0 Å². The summed E-state index contributed by atoms with van der Waals surface area (Å²) < 4.78 is 10.6. The van der Waals surface area contributed by atoms with Crippen LogP contribution in [0.1, 0.15) is 40.5 Å². The van der Waals surface area contributed by atoms with Gasteiger partial charge < -0.3 is 19.7 Å². The maximum Gasteiger partial charge on any atom is 0.410 e. The highest BCUT2D eigenvalue weighted by atomic mass is 35.5. The highest BCUT2D eigenvalue weighted by molar-refractivity contribution is 6.32. The van der Waals surface area contributed by atoms with Crippen molar-refractivity contribution in [2.75, 3.05) is 25.5 Å². The van der Waals surface area contributed by atoms with Gasteiger partial charge in [0.1, 0.15) is 11.4 Å². The first kappa shape index (κ1) is 19.7. The van der Waals surface area contributed by atoms with Crippen LogP contribution in [0.25, 0.3) is 0 Å². The Bertz CT molecular complexity index is 593. The zero-order valence-electron chi connectivity index (χ0n) is 15.8. The maximum absolute atomic E-state index is 12.1. The lowest BCUT2D eigenvalue weighted by Crippen LogP contribution is -2.44. The van der Waals surface area contributed by atoms with Crippen LogP contribution in [0.2, 0.25) is 5.02 Å². The van der Waals surface area contributed by atoms with E-state index in [9.17, 15) is 4.79 Å². The summed E-state index contributed by atoms with van der Waals surface area (Å²) in [6.07, 6.45) is 1.70. The van der Waals surface area contributed by atoms with Crippen molar-refractivity contribution in [3.63, 3.8) is 0 Å². The number of carbonyl (C=O) groups excluding carboxylic acids is 1. The van der Waals surface area contributed by atoms with Crippen molar-refractivity contribution in [3.05, 3.63) is 23.2 Å². The van der Waals surface area contributed by atoms with Crippen molar-refractivity contribution in [2.45, 2.75) is 52.2 Å². The van der Waals surface area contributed by atoms with Crippen molar-refractivity contribution in [3.8, 4) is 5.75 Å². The Morgan fingerprint density at radius 2 is 1.96 bits per heavy atom. The molecule has 1 aromatic carbocycles. The second-order valence-corrected chi connectivity index (χ2v) is 7.99. The van der Waals surface area contributed by atoms with Crippen molar-refractivity contribution < 1.29 is 14.3 Å². The summed E-state index contributed by atoms with van der Waals surface area (Å²) in [5, 5.41) is 4.11. The number of methoxy groups -OCH3 is 1. The van der Waals surface area contributed by atoms with E-state index in [1.54, 1.807) is 12.0 Å². The first-order valence-electron chi connectivity index (χ1n) is 8.77. The van der Waals surface area contributed by atoms with E-state index in [4.69, 9.17) is 21.1 Å². The molecule has 1 aromatic rings. The van der Waals surface area contributed by atoms with Crippen LogP contribution in [0.3, 0.4) is 0 Å². The molecule has 1 N–H and O–H groups in total. The molecule has 1 atom stereocenters. The molecule has 0 aliphatic carbocycles. The average Bonchev–Trinajstić information content (AvgIpc) is 2.53. The second kappa shape index (κ2) is 8.17. The maximum atomic E-state index is 12.1. The number of likely N-dealkylation sites (tertiary alicyclic amines) is 1. The molecule has 0 saturated carbocycles. The fourth-order valence-corrected chi connectivity index (χ4v) is 3.30. The smallest absolute Gasteiger partial charge is 0.410 e. The number of rotatable bonds is 4. The third-order valence-electron chi connectivity index (χ3n) is 4.44. The van der Waals surface area contributed by atoms with E-state index in [0.717, 1.165) is 31.6 Å². The van der Waals surface area contributed by atoms with Crippen molar-refractivity contribution in [1.29, 1.82) is 0 Å². The van der Waals surface area contributed by atoms with Gasteiger partial charge in [0.2, 0.25) is 0 Å². The van der Waals surface area contributed by atoms with Gasteiger partial charge in [-0.05, 0) is 64.7 Å². The van der Waals surface area contributed by atoms with Gasteiger partial charge in [0, 0.05) is 24.8 Å². The number of nitrogens with one attached hydrogen (secondary N) is 1. The van der Waals surface area contributed by atoms with Crippen LogP contribution in [-0.4, -0.2) is 42.8 Å². The lowest BCUT2D eigenvalue weighted by atomic mass is 9.90. The lowest BCUT2D eigenvalue weighted by Gasteiger charge is -2.36. The summed E-state index contributed by atoms with van der Waals surface area (Å²) in [5.41, 5.74) is 0.532. The Labute approximate surface area is 155 Å². The molecule has 1 amide bonds. The van der Waals surface area contributed by atoms with Gasteiger partial charge in [-0.3, -0.25) is 0 Å². The normalized spacial score (nSPS) is 17.1. The minimum atomic E-state index is -0.448. The van der Waals surface area contributed by atoms with E-state index >= 15 is 0 Å². The van der Waals surface area contributed by atoms with E-state index in [0.29, 0.717) is 22.7 Å². The monoisotopic (exact) mass is 368 g/mol. The molecular weight excluding hydrogens is 340 g/mol. The van der Waals surface area contributed by atoms with Gasteiger partial charge in [-0.25, -0.2) is 4.79 Å². The molecule has 2 rings (SSSR count). The Balaban J connectivity index is 1.86. The standard InChI is InChI=1S/C19H29ClN2O3/c1-13(21-15-6-7-17(24-5)16(20)12-15)14-8-10-22(11-9-14)18(23)25-19(2,3)4/h6-7,12-14,21H,8-11H2,1-5H3. The van der Waals surface area contributed by atoms with Crippen molar-refractivity contribution in [1.82, 2.24) is 4.90 Å². The van der Waals surface area contributed by atoms with Crippen molar-refractivity contribution >= 4 is 23.4 Å². The van der Waals surface area contributed by atoms with Crippen LogP contribution in [0.15, 0.2) is 18.2 Å².